The number of rotatable bonds is 3. The van der Waals surface area contributed by atoms with Crippen molar-refractivity contribution in [3.05, 3.63) is 78.1 Å². The molecule has 0 spiro atoms. The fraction of sp³-hybridized carbons (Fsp3) is 0.316. The molecule has 0 unspecified atom stereocenters. The van der Waals surface area contributed by atoms with Crippen LogP contribution in [0.3, 0.4) is 0 Å². The van der Waals surface area contributed by atoms with Gasteiger partial charge in [-0.15, -0.1) is 0 Å². The maximum absolute atomic E-state index is 4.17. The third-order valence-electron chi connectivity index (χ3n) is 4.98. The normalized spacial score (nSPS) is 28.9. The summed E-state index contributed by atoms with van der Waals surface area (Å²) in [7, 11) is 0. The van der Waals surface area contributed by atoms with Gasteiger partial charge in [-0.2, -0.15) is 0 Å². The number of benzene rings is 1. The van der Waals surface area contributed by atoms with Gasteiger partial charge in [-0.05, 0) is 42.5 Å². The summed E-state index contributed by atoms with van der Waals surface area (Å²) in [5, 5.41) is 0. The van der Waals surface area contributed by atoms with Crippen LogP contribution < -0.4 is 0 Å². The molecule has 1 fully saturated rings. The highest BCUT2D eigenvalue weighted by Crippen LogP contribution is 2.50. The van der Waals surface area contributed by atoms with Gasteiger partial charge in [0.2, 0.25) is 0 Å². The summed E-state index contributed by atoms with van der Waals surface area (Å²) in [5.41, 5.74) is 2.79. The van der Waals surface area contributed by atoms with Gasteiger partial charge in [-0.1, -0.05) is 42.5 Å². The largest absolute Gasteiger partial charge is 0.283 e. The number of nitrogens with zero attached hydrogens (tertiary/aromatic N) is 2. The molecular weight excluding hydrogens is 256 g/mol. The first-order valence-corrected chi connectivity index (χ1v) is 7.75. The molecule has 1 aliphatic carbocycles. The summed E-state index contributed by atoms with van der Waals surface area (Å²) in [5.74, 6) is 0.642. The standard InChI is InChI=1S/C19H20N2/c1-14(15-5-3-2-4-6-15)21-18-8-7-17(13-18)19(21)16-9-11-20-12-10-16/h2-12,14,17-19H,13H2,1H3/t14-,17+,18-,19-/m0/s1. The Morgan fingerprint density at radius 1 is 1.05 bits per heavy atom. The molecule has 0 saturated carbocycles. The molecular formula is C19H20N2. The first-order chi connectivity index (χ1) is 10.3. The van der Waals surface area contributed by atoms with Gasteiger partial charge in [0, 0.05) is 30.5 Å². The zero-order valence-electron chi connectivity index (χ0n) is 12.3. The van der Waals surface area contributed by atoms with Crippen molar-refractivity contribution in [2.45, 2.75) is 31.5 Å². The molecule has 0 N–H and O–H groups in total. The fourth-order valence-corrected chi connectivity index (χ4v) is 4.00. The molecule has 2 heterocycles. The van der Waals surface area contributed by atoms with Gasteiger partial charge < -0.3 is 0 Å². The highest BCUT2D eigenvalue weighted by molar-refractivity contribution is 5.29. The predicted octanol–water partition coefficient (Wildman–Crippen LogP) is 4.14. The molecule has 2 aromatic rings. The van der Waals surface area contributed by atoms with Crippen LogP contribution in [0.1, 0.15) is 36.6 Å². The van der Waals surface area contributed by atoms with Gasteiger partial charge in [0.15, 0.2) is 0 Å². The third kappa shape index (κ3) is 2.11. The second-order valence-electron chi connectivity index (χ2n) is 6.11. The van der Waals surface area contributed by atoms with Crippen molar-refractivity contribution in [2.75, 3.05) is 0 Å². The predicted molar refractivity (Wildman–Crippen MR) is 84.7 cm³/mol. The van der Waals surface area contributed by atoms with Crippen LogP contribution in [0, 0.1) is 5.92 Å². The quantitative estimate of drug-likeness (QED) is 0.783. The minimum Gasteiger partial charge on any atom is -0.283 e. The second kappa shape index (κ2) is 5.12. The van der Waals surface area contributed by atoms with E-state index >= 15 is 0 Å². The monoisotopic (exact) mass is 276 g/mol. The molecule has 0 radical (unpaired) electrons. The first-order valence-electron chi connectivity index (χ1n) is 7.75. The summed E-state index contributed by atoms with van der Waals surface area (Å²) >= 11 is 0. The molecule has 0 amide bonds. The van der Waals surface area contributed by atoms with Crippen molar-refractivity contribution in [2.24, 2.45) is 5.92 Å². The lowest BCUT2D eigenvalue weighted by Gasteiger charge is -2.38. The Labute approximate surface area is 126 Å². The molecule has 2 bridgehead atoms. The van der Waals surface area contributed by atoms with Gasteiger partial charge in [0.25, 0.3) is 0 Å². The van der Waals surface area contributed by atoms with Gasteiger partial charge in [-0.25, -0.2) is 0 Å². The molecule has 4 rings (SSSR count). The van der Waals surface area contributed by atoms with Crippen molar-refractivity contribution in [1.82, 2.24) is 9.88 Å². The van der Waals surface area contributed by atoms with Crippen molar-refractivity contribution < 1.29 is 0 Å². The van der Waals surface area contributed by atoms with E-state index in [1.807, 2.05) is 12.4 Å². The zero-order valence-corrected chi connectivity index (χ0v) is 12.3. The van der Waals surface area contributed by atoms with Crippen LogP contribution in [-0.4, -0.2) is 15.9 Å². The summed E-state index contributed by atoms with van der Waals surface area (Å²) in [6.07, 6.45) is 9.88. The van der Waals surface area contributed by atoms with Gasteiger partial charge in [0.1, 0.15) is 0 Å². The Morgan fingerprint density at radius 2 is 1.81 bits per heavy atom. The lowest BCUT2D eigenvalue weighted by Crippen LogP contribution is -2.35. The molecule has 1 aliphatic heterocycles. The molecule has 106 valence electrons. The van der Waals surface area contributed by atoms with E-state index in [1.165, 1.54) is 17.5 Å². The Morgan fingerprint density at radius 3 is 2.57 bits per heavy atom. The molecule has 2 aliphatic rings. The van der Waals surface area contributed by atoms with Gasteiger partial charge in [0.05, 0.1) is 0 Å². The van der Waals surface area contributed by atoms with Gasteiger partial charge >= 0.3 is 0 Å². The highest BCUT2D eigenvalue weighted by atomic mass is 15.2. The number of aromatic nitrogens is 1. The fourth-order valence-electron chi connectivity index (χ4n) is 4.00. The molecule has 1 saturated heterocycles. The Hall–Kier alpha value is -1.93. The van der Waals surface area contributed by atoms with E-state index in [0.29, 0.717) is 24.0 Å². The number of likely N-dealkylation sites (tertiary alicyclic amines) is 1. The van der Waals surface area contributed by atoms with Gasteiger partial charge in [-0.3, -0.25) is 9.88 Å². The van der Waals surface area contributed by atoms with Crippen LogP contribution in [0.15, 0.2) is 67.0 Å². The van der Waals surface area contributed by atoms with Crippen LogP contribution in [-0.2, 0) is 0 Å². The minimum atomic E-state index is 0.435. The molecule has 4 atom stereocenters. The highest BCUT2D eigenvalue weighted by Gasteiger charge is 2.45. The van der Waals surface area contributed by atoms with E-state index in [1.54, 1.807) is 0 Å². The third-order valence-corrected chi connectivity index (χ3v) is 4.98. The average molecular weight is 276 g/mol. The van der Waals surface area contributed by atoms with Crippen molar-refractivity contribution in [3.8, 4) is 0 Å². The van der Waals surface area contributed by atoms with Crippen molar-refractivity contribution in [3.63, 3.8) is 0 Å². The Kier molecular flexibility index (Phi) is 3.12. The smallest absolute Gasteiger partial charge is 0.0424 e. The molecule has 1 aromatic carbocycles. The lowest BCUT2D eigenvalue weighted by molar-refractivity contribution is 0.145. The summed E-state index contributed by atoms with van der Waals surface area (Å²) < 4.78 is 0. The second-order valence-corrected chi connectivity index (χ2v) is 6.11. The maximum atomic E-state index is 4.17. The number of hydrogen-bond donors (Lipinski definition) is 0. The van der Waals surface area contributed by atoms with Crippen molar-refractivity contribution >= 4 is 0 Å². The van der Waals surface area contributed by atoms with Crippen LogP contribution in [0.2, 0.25) is 0 Å². The van der Waals surface area contributed by atoms with E-state index in [4.69, 9.17) is 0 Å². The SMILES string of the molecule is C[C@@H](c1ccccc1)N1[C@H]2C=C[C@H](C2)[C@@H]1c1ccncc1. The Bertz CT molecular complexity index is 635. The molecule has 2 heteroatoms. The number of hydrogen-bond acceptors (Lipinski definition) is 2. The topological polar surface area (TPSA) is 16.1 Å². The van der Waals surface area contributed by atoms with E-state index in [-0.39, 0.29) is 0 Å². The summed E-state index contributed by atoms with van der Waals surface area (Å²) in [6.45, 7) is 2.33. The average Bonchev–Trinajstić information content (AvgIpc) is 3.17. The van der Waals surface area contributed by atoms with E-state index in [0.717, 1.165) is 0 Å². The van der Waals surface area contributed by atoms with E-state index in [2.05, 4.69) is 71.4 Å². The molecule has 2 nitrogen and oxygen atoms in total. The Balaban J connectivity index is 1.71. The van der Waals surface area contributed by atoms with Crippen LogP contribution in [0.25, 0.3) is 0 Å². The van der Waals surface area contributed by atoms with Crippen LogP contribution >= 0.6 is 0 Å². The minimum absolute atomic E-state index is 0.435. The zero-order chi connectivity index (χ0) is 14.2. The summed E-state index contributed by atoms with van der Waals surface area (Å²) in [6, 6.07) is 16.7. The maximum Gasteiger partial charge on any atom is 0.0424 e. The molecule has 1 aromatic heterocycles. The molecule has 21 heavy (non-hydrogen) atoms. The number of fused-ring (bicyclic) bond motifs is 2. The van der Waals surface area contributed by atoms with E-state index in [9.17, 15) is 0 Å². The van der Waals surface area contributed by atoms with Crippen molar-refractivity contribution in [1.29, 1.82) is 0 Å². The lowest BCUT2D eigenvalue weighted by atomic mass is 9.93. The van der Waals surface area contributed by atoms with E-state index < -0.39 is 0 Å². The summed E-state index contributed by atoms with van der Waals surface area (Å²) in [4.78, 5) is 6.85. The van der Waals surface area contributed by atoms with Crippen LogP contribution in [0.5, 0.6) is 0 Å². The number of pyridine rings is 1. The van der Waals surface area contributed by atoms with Crippen LogP contribution in [0.4, 0.5) is 0 Å². The first kappa shape index (κ1) is 12.8.